The molecule has 0 saturated carbocycles. The predicted molar refractivity (Wildman–Crippen MR) is 60.7 cm³/mol. The summed E-state index contributed by atoms with van der Waals surface area (Å²) in [6, 6.07) is 0. The van der Waals surface area contributed by atoms with E-state index in [0.29, 0.717) is 0 Å². The topological polar surface area (TPSA) is 0 Å². The van der Waals surface area contributed by atoms with Gasteiger partial charge in [0.25, 0.3) is 0 Å². The van der Waals surface area contributed by atoms with Crippen LogP contribution >= 0.6 is 97.3 Å². The van der Waals surface area contributed by atoms with Gasteiger partial charge in [-0.2, -0.15) is 0 Å². The molecule has 0 aromatic rings. The van der Waals surface area contributed by atoms with Gasteiger partial charge >= 0.3 is 97.3 Å². The molecule has 0 radical (unpaired) electrons. The van der Waals surface area contributed by atoms with E-state index < -0.39 is 7.41 Å². The molecule has 0 rings (SSSR count). The maximum atomic E-state index is 5.36. The Morgan fingerprint density at radius 3 is 0.500 bits per heavy atom. The van der Waals surface area contributed by atoms with Gasteiger partial charge in [0.05, 0.1) is 0 Å². The summed E-state index contributed by atoms with van der Waals surface area (Å²) in [5.41, 5.74) is 0. The summed E-state index contributed by atoms with van der Waals surface area (Å²) in [4.78, 5) is 0. The van der Waals surface area contributed by atoms with E-state index in [1.807, 2.05) is 0 Å². The SMILES string of the molecule is ClP(Cl)(Cl)(Cl)P(Cl)(Cl)(Cl)Cl. The van der Waals surface area contributed by atoms with Gasteiger partial charge in [0.15, 0.2) is 0 Å². The molecule has 0 heterocycles. The van der Waals surface area contributed by atoms with Gasteiger partial charge in [-0.25, -0.2) is 0 Å². The molecule has 10 heavy (non-hydrogen) atoms. The van der Waals surface area contributed by atoms with Crippen molar-refractivity contribution in [3.63, 3.8) is 0 Å². The molecule has 0 atom stereocenters. The summed E-state index contributed by atoms with van der Waals surface area (Å²) in [6.45, 7) is 0. The summed E-state index contributed by atoms with van der Waals surface area (Å²) >= 11 is 42.9. The third-order valence-corrected chi connectivity index (χ3v) is 37.0. The third-order valence-electron chi connectivity index (χ3n) is 0.457. The Morgan fingerprint density at radius 2 is 0.500 bits per heavy atom. The minimum atomic E-state index is -4.36. The van der Waals surface area contributed by atoms with Crippen molar-refractivity contribution in [1.29, 1.82) is 0 Å². The molecule has 0 unspecified atom stereocenters. The van der Waals surface area contributed by atoms with Crippen LogP contribution in [0, 0.1) is 0 Å². The standard InChI is InChI=1S/Cl8P2/c1-9(2,3,4)10(5,6,7)8. The van der Waals surface area contributed by atoms with Gasteiger partial charge in [-0.3, -0.25) is 0 Å². The first kappa shape index (κ1) is 13.2. The van der Waals surface area contributed by atoms with Crippen LogP contribution < -0.4 is 0 Å². The molecule has 0 aliphatic heterocycles. The van der Waals surface area contributed by atoms with Gasteiger partial charge in [-0.1, -0.05) is 0 Å². The van der Waals surface area contributed by atoms with Crippen molar-refractivity contribution in [2.75, 3.05) is 0 Å². The Bertz CT molecular complexity index is 113. The number of halogens is 8. The first-order chi connectivity index (χ1) is 3.78. The van der Waals surface area contributed by atoms with Crippen LogP contribution in [0.1, 0.15) is 0 Å². The fourth-order valence-electron chi connectivity index (χ4n) is 0. The van der Waals surface area contributed by atoms with Crippen molar-refractivity contribution in [3.8, 4) is 0 Å². The van der Waals surface area contributed by atoms with Gasteiger partial charge in [0.1, 0.15) is 0 Å². The Hall–Kier alpha value is 3.18. The molecular formula is Cl8P2. The van der Waals surface area contributed by atoms with Crippen LogP contribution in [0.15, 0.2) is 0 Å². The Labute approximate surface area is 96.4 Å². The van der Waals surface area contributed by atoms with Crippen molar-refractivity contribution in [3.05, 3.63) is 0 Å². The molecule has 0 nitrogen and oxygen atoms in total. The molecule has 0 amide bonds. The van der Waals surface area contributed by atoms with Crippen molar-refractivity contribution >= 4 is 97.3 Å². The molecule has 0 spiro atoms. The van der Waals surface area contributed by atoms with E-state index in [1.54, 1.807) is 0 Å². The molecular weight excluding hydrogens is 346 g/mol. The Morgan fingerprint density at radius 1 is 0.400 bits per heavy atom. The Kier molecular flexibility index (Phi) is 3.73. The molecule has 0 aromatic carbocycles. The van der Waals surface area contributed by atoms with Gasteiger partial charge in [-0.15, -0.1) is 0 Å². The van der Waals surface area contributed by atoms with E-state index in [0.717, 1.165) is 0 Å². The number of rotatable bonds is 1. The van der Waals surface area contributed by atoms with Crippen molar-refractivity contribution in [1.82, 2.24) is 0 Å². The zero-order chi connectivity index (χ0) is 8.89. The second-order valence-electron chi connectivity index (χ2n) is 1.37. The maximum absolute atomic E-state index is 5.36. The quantitative estimate of drug-likeness (QED) is 0.439. The fraction of sp³-hybridized carbons (Fsp3) is 0. The number of hydrogen-bond donors (Lipinski definition) is 0. The average Bonchev–Trinajstić information content (AvgIpc) is 1.14. The van der Waals surface area contributed by atoms with Crippen molar-refractivity contribution < 1.29 is 0 Å². The van der Waals surface area contributed by atoms with Gasteiger partial charge in [0.2, 0.25) is 0 Å². The average molecular weight is 346 g/mol. The van der Waals surface area contributed by atoms with Crippen LogP contribution in [0.3, 0.4) is 0 Å². The van der Waals surface area contributed by atoms with E-state index in [2.05, 4.69) is 0 Å². The van der Waals surface area contributed by atoms with Crippen molar-refractivity contribution in [2.45, 2.75) is 0 Å². The summed E-state index contributed by atoms with van der Waals surface area (Å²) in [7, 11) is 0. The summed E-state index contributed by atoms with van der Waals surface area (Å²) < 4.78 is -8.73. The zero-order valence-corrected chi connectivity index (χ0v) is 11.8. The second-order valence-corrected chi connectivity index (χ2v) is 37.0. The van der Waals surface area contributed by atoms with E-state index in [-0.39, 0.29) is 0 Å². The van der Waals surface area contributed by atoms with Gasteiger partial charge < -0.3 is 0 Å². The molecule has 10 heteroatoms. The van der Waals surface area contributed by atoms with Gasteiger partial charge in [-0.05, 0) is 0 Å². The molecule has 0 saturated heterocycles. The van der Waals surface area contributed by atoms with Gasteiger partial charge in [0, 0.05) is 0 Å². The second kappa shape index (κ2) is 2.83. The van der Waals surface area contributed by atoms with Crippen LogP contribution in [0.4, 0.5) is 0 Å². The third kappa shape index (κ3) is 3.15. The molecule has 0 N–H and O–H groups in total. The normalized spacial score (nSPS) is 22.4. The molecule has 0 aliphatic carbocycles. The first-order valence-corrected chi connectivity index (χ1v) is 14.0. The predicted octanol–water partition coefficient (Wildman–Crippen LogP) is 7.24. The fourth-order valence-corrected chi connectivity index (χ4v) is 0. The summed E-state index contributed by atoms with van der Waals surface area (Å²) in [5, 5.41) is 0. The molecule has 0 fully saturated rings. The Balaban J connectivity index is 5.05. The van der Waals surface area contributed by atoms with Crippen LogP contribution in [0.25, 0.3) is 0 Å². The zero-order valence-electron chi connectivity index (χ0n) is 3.92. The number of hydrogen-bond acceptors (Lipinski definition) is 0. The van der Waals surface area contributed by atoms with E-state index in [9.17, 15) is 0 Å². The van der Waals surface area contributed by atoms with E-state index in [4.69, 9.17) is 89.9 Å². The van der Waals surface area contributed by atoms with E-state index in [1.165, 1.54) is 0 Å². The van der Waals surface area contributed by atoms with Crippen LogP contribution in [0.2, 0.25) is 0 Å². The monoisotopic (exact) mass is 342 g/mol. The molecule has 66 valence electrons. The summed E-state index contributed by atoms with van der Waals surface area (Å²) in [5.74, 6) is 0. The first-order valence-electron chi connectivity index (χ1n) is 1.55. The van der Waals surface area contributed by atoms with Crippen molar-refractivity contribution in [2.24, 2.45) is 0 Å². The van der Waals surface area contributed by atoms with E-state index >= 15 is 0 Å². The van der Waals surface area contributed by atoms with Crippen LogP contribution in [-0.4, -0.2) is 0 Å². The summed E-state index contributed by atoms with van der Waals surface area (Å²) in [6.07, 6.45) is 0. The molecule has 0 aromatic heterocycles. The van der Waals surface area contributed by atoms with Crippen LogP contribution in [-0.2, 0) is 0 Å². The molecule has 0 bridgehead atoms. The molecule has 0 aliphatic rings. The van der Waals surface area contributed by atoms with Crippen LogP contribution in [0.5, 0.6) is 0 Å². The minimum absolute atomic E-state index is 4.36.